The zero-order valence-electron chi connectivity index (χ0n) is 9.04. The molecule has 2 rings (SSSR count). The molecule has 0 N–H and O–H groups in total. The standard InChI is InChI=1S/C10H12N6/c1-2-15(6-3-4-11)9-10-14-13-8-16(10)7-5-12-9/h5,7-8H,2-3,6H2,1H3. The number of hydrogen-bond acceptors (Lipinski definition) is 5. The highest BCUT2D eigenvalue weighted by atomic mass is 15.3. The van der Waals surface area contributed by atoms with E-state index in [2.05, 4.69) is 21.3 Å². The fourth-order valence-electron chi connectivity index (χ4n) is 1.57. The Hall–Kier alpha value is -2.16. The summed E-state index contributed by atoms with van der Waals surface area (Å²) in [5.41, 5.74) is 0.724. The van der Waals surface area contributed by atoms with Crippen molar-refractivity contribution in [3.63, 3.8) is 0 Å². The van der Waals surface area contributed by atoms with Gasteiger partial charge in [-0.3, -0.25) is 4.40 Å². The summed E-state index contributed by atoms with van der Waals surface area (Å²) in [6.07, 6.45) is 5.63. The van der Waals surface area contributed by atoms with Crippen LogP contribution >= 0.6 is 0 Å². The molecule has 2 aromatic heterocycles. The lowest BCUT2D eigenvalue weighted by Crippen LogP contribution is -2.25. The van der Waals surface area contributed by atoms with Crippen molar-refractivity contribution in [2.24, 2.45) is 0 Å². The molecule has 16 heavy (non-hydrogen) atoms. The smallest absolute Gasteiger partial charge is 0.203 e. The highest BCUT2D eigenvalue weighted by Gasteiger charge is 2.11. The van der Waals surface area contributed by atoms with Gasteiger partial charge in [-0.25, -0.2) is 4.98 Å². The minimum atomic E-state index is 0.477. The van der Waals surface area contributed by atoms with E-state index in [1.807, 2.05) is 16.2 Å². The number of aromatic nitrogens is 4. The third-order valence-electron chi connectivity index (χ3n) is 2.37. The Labute approximate surface area is 93.2 Å². The Balaban J connectivity index is 2.37. The zero-order chi connectivity index (χ0) is 11.4. The molecule has 6 heteroatoms. The molecule has 0 atom stereocenters. The summed E-state index contributed by atoms with van der Waals surface area (Å²) >= 11 is 0. The second kappa shape index (κ2) is 4.57. The van der Waals surface area contributed by atoms with Gasteiger partial charge in [-0.15, -0.1) is 10.2 Å². The van der Waals surface area contributed by atoms with Crippen LogP contribution in [-0.2, 0) is 0 Å². The van der Waals surface area contributed by atoms with Gasteiger partial charge in [0, 0.05) is 25.5 Å². The Bertz CT molecular complexity index is 511. The molecule has 6 nitrogen and oxygen atoms in total. The Morgan fingerprint density at radius 3 is 3.19 bits per heavy atom. The molecule has 0 aliphatic heterocycles. The lowest BCUT2D eigenvalue weighted by molar-refractivity contribution is 0.808. The van der Waals surface area contributed by atoms with Gasteiger partial charge in [0.15, 0.2) is 5.82 Å². The van der Waals surface area contributed by atoms with Crippen molar-refractivity contribution >= 4 is 11.5 Å². The van der Waals surface area contributed by atoms with Gasteiger partial charge in [-0.1, -0.05) is 0 Å². The molecule has 0 aromatic carbocycles. The van der Waals surface area contributed by atoms with Gasteiger partial charge in [0.05, 0.1) is 12.5 Å². The van der Waals surface area contributed by atoms with E-state index in [0.29, 0.717) is 13.0 Å². The number of hydrogen-bond donors (Lipinski definition) is 0. The van der Waals surface area contributed by atoms with Crippen LogP contribution in [0, 0.1) is 11.3 Å². The second-order valence-corrected chi connectivity index (χ2v) is 3.30. The predicted octanol–water partition coefficient (Wildman–Crippen LogP) is 0.864. The van der Waals surface area contributed by atoms with Crippen LogP contribution in [0.4, 0.5) is 5.82 Å². The van der Waals surface area contributed by atoms with Crippen molar-refractivity contribution in [3.05, 3.63) is 18.7 Å². The Morgan fingerprint density at radius 2 is 2.44 bits per heavy atom. The van der Waals surface area contributed by atoms with Crippen LogP contribution in [0.2, 0.25) is 0 Å². The molecule has 0 amide bonds. The molecule has 0 aliphatic rings. The molecular formula is C10H12N6. The largest absolute Gasteiger partial charge is 0.353 e. The normalized spacial score (nSPS) is 10.2. The van der Waals surface area contributed by atoms with E-state index < -0.39 is 0 Å². The van der Waals surface area contributed by atoms with Crippen molar-refractivity contribution < 1.29 is 0 Å². The maximum absolute atomic E-state index is 8.60. The van der Waals surface area contributed by atoms with Crippen molar-refractivity contribution in [3.8, 4) is 6.07 Å². The summed E-state index contributed by atoms with van der Waals surface area (Å²) in [7, 11) is 0. The lowest BCUT2D eigenvalue weighted by Gasteiger charge is -2.20. The van der Waals surface area contributed by atoms with E-state index in [1.165, 1.54) is 0 Å². The molecule has 0 saturated carbocycles. The summed E-state index contributed by atoms with van der Waals surface area (Å²) in [4.78, 5) is 6.32. The Kier molecular flexibility index (Phi) is 2.96. The van der Waals surface area contributed by atoms with Gasteiger partial charge >= 0.3 is 0 Å². The summed E-state index contributed by atoms with van der Waals surface area (Å²) in [5, 5.41) is 16.5. The molecular weight excluding hydrogens is 204 g/mol. The fraction of sp³-hybridized carbons (Fsp3) is 0.400. The number of nitrogens with zero attached hydrogens (tertiary/aromatic N) is 6. The minimum Gasteiger partial charge on any atom is -0.353 e. The van der Waals surface area contributed by atoms with Gasteiger partial charge in [-0.05, 0) is 6.92 Å². The molecule has 0 fully saturated rings. The van der Waals surface area contributed by atoms with E-state index in [0.717, 1.165) is 18.0 Å². The van der Waals surface area contributed by atoms with Crippen molar-refractivity contribution in [1.29, 1.82) is 5.26 Å². The van der Waals surface area contributed by atoms with Gasteiger partial charge < -0.3 is 4.90 Å². The number of rotatable bonds is 4. The van der Waals surface area contributed by atoms with E-state index >= 15 is 0 Å². The van der Waals surface area contributed by atoms with Crippen molar-refractivity contribution in [2.45, 2.75) is 13.3 Å². The molecule has 0 unspecified atom stereocenters. The minimum absolute atomic E-state index is 0.477. The van der Waals surface area contributed by atoms with Crippen molar-refractivity contribution in [1.82, 2.24) is 19.6 Å². The van der Waals surface area contributed by atoms with E-state index in [4.69, 9.17) is 5.26 Å². The highest BCUT2D eigenvalue weighted by molar-refractivity contribution is 5.63. The first kappa shape index (κ1) is 10.4. The number of nitriles is 1. The molecule has 2 aromatic rings. The first-order valence-corrected chi connectivity index (χ1v) is 5.13. The van der Waals surface area contributed by atoms with Crippen LogP contribution in [0.15, 0.2) is 18.7 Å². The molecule has 82 valence electrons. The highest BCUT2D eigenvalue weighted by Crippen LogP contribution is 2.15. The van der Waals surface area contributed by atoms with Crippen LogP contribution in [-0.4, -0.2) is 32.7 Å². The van der Waals surface area contributed by atoms with E-state index in [-0.39, 0.29) is 0 Å². The van der Waals surface area contributed by atoms with Gasteiger partial charge in [0.25, 0.3) is 0 Å². The fourth-order valence-corrected chi connectivity index (χ4v) is 1.57. The molecule has 0 aliphatic carbocycles. The lowest BCUT2D eigenvalue weighted by atomic mass is 10.4. The van der Waals surface area contributed by atoms with E-state index in [1.54, 1.807) is 18.7 Å². The first-order chi connectivity index (χ1) is 7.86. The topological polar surface area (TPSA) is 70.1 Å². The molecule has 0 bridgehead atoms. The second-order valence-electron chi connectivity index (χ2n) is 3.30. The average molecular weight is 216 g/mol. The summed E-state index contributed by atoms with van der Waals surface area (Å²) in [6.45, 7) is 3.48. The molecule has 0 radical (unpaired) electrons. The summed E-state index contributed by atoms with van der Waals surface area (Å²) < 4.78 is 1.82. The van der Waals surface area contributed by atoms with Crippen LogP contribution in [0.3, 0.4) is 0 Å². The SMILES string of the molecule is CCN(CCC#N)c1nccn2cnnc12. The van der Waals surface area contributed by atoms with Crippen LogP contribution in [0.1, 0.15) is 13.3 Å². The van der Waals surface area contributed by atoms with Gasteiger partial charge in [0.2, 0.25) is 5.65 Å². The quantitative estimate of drug-likeness (QED) is 0.758. The monoisotopic (exact) mass is 216 g/mol. The third-order valence-corrected chi connectivity index (χ3v) is 2.37. The third kappa shape index (κ3) is 1.80. The number of fused-ring (bicyclic) bond motifs is 1. The van der Waals surface area contributed by atoms with Crippen LogP contribution in [0.25, 0.3) is 5.65 Å². The van der Waals surface area contributed by atoms with Crippen LogP contribution < -0.4 is 4.90 Å². The van der Waals surface area contributed by atoms with Crippen molar-refractivity contribution in [2.75, 3.05) is 18.0 Å². The molecule has 2 heterocycles. The average Bonchev–Trinajstić information content (AvgIpc) is 2.78. The summed E-state index contributed by atoms with van der Waals surface area (Å²) in [5.74, 6) is 0.776. The van der Waals surface area contributed by atoms with Gasteiger partial charge in [0.1, 0.15) is 6.33 Å². The maximum Gasteiger partial charge on any atom is 0.203 e. The van der Waals surface area contributed by atoms with Crippen LogP contribution in [0.5, 0.6) is 0 Å². The molecule has 0 spiro atoms. The summed E-state index contributed by atoms with van der Waals surface area (Å²) in [6, 6.07) is 2.13. The molecule has 0 saturated heterocycles. The Morgan fingerprint density at radius 1 is 1.56 bits per heavy atom. The zero-order valence-corrected chi connectivity index (χ0v) is 9.04. The maximum atomic E-state index is 8.60. The first-order valence-electron chi connectivity index (χ1n) is 5.13. The van der Waals surface area contributed by atoms with Gasteiger partial charge in [-0.2, -0.15) is 5.26 Å². The predicted molar refractivity (Wildman–Crippen MR) is 58.9 cm³/mol. The van der Waals surface area contributed by atoms with E-state index in [9.17, 15) is 0 Å². The number of anilines is 1.